The Morgan fingerprint density at radius 1 is 0.870 bits per heavy atom. The van der Waals surface area contributed by atoms with Crippen LogP contribution in [0.4, 0.5) is 0 Å². The molecule has 1 aliphatic rings. The lowest BCUT2D eigenvalue weighted by molar-refractivity contribution is -0.928. The molecule has 0 saturated carbocycles. The molecule has 23 heavy (non-hydrogen) atoms. The van der Waals surface area contributed by atoms with Gasteiger partial charge in [0.15, 0.2) is 0 Å². The predicted octanol–water partition coefficient (Wildman–Crippen LogP) is 2.15. The molecule has 0 aromatic heterocycles. The lowest BCUT2D eigenvalue weighted by Crippen LogP contribution is -3.00. The minimum absolute atomic E-state index is 0. The molecule has 0 spiro atoms. The van der Waals surface area contributed by atoms with E-state index in [1.165, 1.54) is 75.2 Å². The number of quaternary nitrogens is 1. The second-order valence-electron chi connectivity index (χ2n) is 6.74. The third kappa shape index (κ3) is 11.8. The van der Waals surface area contributed by atoms with Gasteiger partial charge in [-0.25, -0.2) is 0 Å². The zero-order chi connectivity index (χ0) is 15.9. The van der Waals surface area contributed by atoms with Gasteiger partial charge in [-0.1, -0.05) is 58.3 Å². The van der Waals surface area contributed by atoms with Crippen molar-refractivity contribution >= 4 is 22.6 Å². The van der Waals surface area contributed by atoms with Crippen molar-refractivity contribution in [1.82, 2.24) is 0 Å². The summed E-state index contributed by atoms with van der Waals surface area (Å²) >= 11 is 2.16. The largest absolute Gasteiger partial charge is 1.00 e. The number of nitrogens with zero attached hydrogens (tertiary/aromatic N) is 1. The Labute approximate surface area is 168 Å². The molecule has 1 rings (SSSR count). The fourth-order valence-corrected chi connectivity index (χ4v) is 3.49. The summed E-state index contributed by atoms with van der Waals surface area (Å²) in [5, 5.41) is 0. The van der Waals surface area contributed by atoms with Gasteiger partial charge in [-0.2, -0.15) is 0 Å². The quantitative estimate of drug-likeness (QED) is 0.173. The minimum Gasteiger partial charge on any atom is -1.00 e. The molecule has 0 atom stereocenters. The van der Waals surface area contributed by atoms with Crippen molar-refractivity contribution in [1.29, 1.82) is 0 Å². The van der Waals surface area contributed by atoms with E-state index < -0.39 is 0 Å². The van der Waals surface area contributed by atoms with Crippen molar-refractivity contribution in [3.05, 3.63) is 0 Å². The highest BCUT2D eigenvalue weighted by Crippen LogP contribution is 2.15. The molecule has 0 aliphatic carbocycles. The van der Waals surface area contributed by atoms with E-state index in [4.69, 9.17) is 4.74 Å². The third-order valence-corrected chi connectivity index (χ3v) is 5.27. The number of ether oxygens (including phenoxy) is 1. The Kier molecular flexibility index (Phi) is 16.7. The molecule has 0 N–H and O–H groups in total. The maximum Gasteiger partial charge on any atom is 0.141 e. The van der Waals surface area contributed by atoms with Gasteiger partial charge in [0.25, 0.3) is 0 Å². The van der Waals surface area contributed by atoms with Gasteiger partial charge < -0.3 is 26.2 Å². The van der Waals surface area contributed by atoms with Crippen LogP contribution in [0.25, 0.3) is 0 Å². The molecule has 136 valence electrons. The van der Waals surface area contributed by atoms with E-state index in [9.17, 15) is 0 Å². The second kappa shape index (κ2) is 16.2. The molecule has 1 saturated heterocycles. The molecule has 2 nitrogen and oxygen atoms in total. The Hall–Kier alpha value is 0.690. The van der Waals surface area contributed by atoms with Gasteiger partial charge in [0.1, 0.15) is 19.6 Å². The summed E-state index contributed by atoms with van der Waals surface area (Å²) in [6.07, 6.45) is 14.2. The highest BCUT2D eigenvalue weighted by molar-refractivity contribution is 14.1. The lowest BCUT2D eigenvalue weighted by Gasteiger charge is -2.40. The monoisotopic (exact) mass is 499 g/mol. The first-order chi connectivity index (χ1) is 10.8. The van der Waals surface area contributed by atoms with Gasteiger partial charge >= 0.3 is 0 Å². The highest BCUT2D eigenvalue weighted by Gasteiger charge is 2.28. The van der Waals surface area contributed by atoms with Crippen LogP contribution in [0, 0.1) is 9.85 Å². The number of hydrogen-bond acceptors (Lipinski definition) is 1. The van der Waals surface area contributed by atoms with Gasteiger partial charge in [0.05, 0.1) is 19.8 Å². The summed E-state index contributed by atoms with van der Waals surface area (Å²) in [5.41, 5.74) is 0. The third-order valence-electron chi connectivity index (χ3n) is 4.89. The summed E-state index contributed by atoms with van der Waals surface area (Å²) in [7, 11) is 0. The molecule has 0 aromatic rings. The number of morpholine rings is 1. The van der Waals surface area contributed by atoms with Crippen molar-refractivity contribution in [2.24, 2.45) is 0 Å². The van der Waals surface area contributed by atoms with Gasteiger partial charge in [0.2, 0.25) is 0 Å². The standard InChI is InChI=1S/C19H35INO.BrH/c1-2-3-4-5-6-7-8-9-10-11-14-21(15-12-13-20)16-18-22-19-17-21;/h2-11,14-19H2,1H3;1H/q+1;/p-1. The van der Waals surface area contributed by atoms with Gasteiger partial charge in [-0.05, 0) is 22.7 Å². The molecule has 4 heteroatoms. The normalized spacial score (nSPS) is 16.3. The van der Waals surface area contributed by atoms with Gasteiger partial charge in [-0.15, -0.1) is 0 Å². The second-order valence-corrected chi connectivity index (χ2v) is 7.28. The fraction of sp³-hybridized carbons (Fsp3) is 0.895. The first-order valence-corrected chi connectivity index (χ1v) is 10.4. The molecular formula is C19H35BrINO. The fourth-order valence-electron chi connectivity index (χ4n) is 3.32. The SMILES string of the molecule is CCCCCCCCCCCC[N+]1(CC#CI)CCOCC1.[Br-]. The minimum atomic E-state index is 0. The molecule has 1 heterocycles. The number of rotatable bonds is 12. The summed E-state index contributed by atoms with van der Waals surface area (Å²) in [5.74, 6) is 3.30. The highest BCUT2D eigenvalue weighted by atomic mass is 127. The number of hydrogen-bond donors (Lipinski definition) is 0. The average molecular weight is 500 g/mol. The molecule has 0 radical (unpaired) electrons. The molecule has 0 aromatic carbocycles. The Bertz CT molecular complexity index is 321. The molecule has 1 fully saturated rings. The zero-order valence-electron chi connectivity index (χ0n) is 14.9. The van der Waals surface area contributed by atoms with E-state index in [0.29, 0.717) is 0 Å². The lowest BCUT2D eigenvalue weighted by atomic mass is 10.1. The summed E-state index contributed by atoms with van der Waals surface area (Å²) < 4.78 is 9.75. The molecule has 0 bridgehead atoms. The number of unbranched alkanes of at least 4 members (excludes halogenated alkanes) is 9. The van der Waals surface area contributed by atoms with Crippen LogP contribution in [0.5, 0.6) is 0 Å². The Balaban J connectivity index is 0.00000484. The van der Waals surface area contributed by atoms with Crippen LogP contribution < -0.4 is 17.0 Å². The maximum absolute atomic E-state index is 5.54. The van der Waals surface area contributed by atoms with Crippen molar-refractivity contribution in [3.8, 4) is 9.85 Å². The predicted molar refractivity (Wildman–Crippen MR) is 104 cm³/mol. The Morgan fingerprint density at radius 3 is 1.91 bits per heavy atom. The van der Waals surface area contributed by atoms with E-state index in [1.807, 2.05) is 0 Å². The van der Waals surface area contributed by atoms with E-state index in [-0.39, 0.29) is 17.0 Å². The van der Waals surface area contributed by atoms with Gasteiger partial charge in [-0.3, -0.25) is 0 Å². The van der Waals surface area contributed by atoms with Crippen molar-refractivity contribution in [3.63, 3.8) is 0 Å². The van der Waals surface area contributed by atoms with Crippen LogP contribution in [0.1, 0.15) is 71.1 Å². The van der Waals surface area contributed by atoms with E-state index in [0.717, 1.165) is 32.8 Å². The van der Waals surface area contributed by atoms with Crippen LogP contribution in [0.3, 0.4) is 0 Å². The van der Waals surface area contributed by atoms with Crippen LogP contribution in [-0.2, 0) is 4.74 Å². The number of halogens is 2. The smallest absolute Gasteiger partial charge is 0.141 e. The topological polar surface area (TPSA) is 9.23 Å². The van der Waals surface area contributed by atoms with E-state index in [2.05, 4.69) is 39.4 Å². The summed E-state index contributed by atoms with van der Waals surface area (Å²) in [6.45, 7) is 8.75. The molecule has 0 amide bonds. The molecule has 0 unspecified atom stereocenters. The maximum atomic E-state index is 5.54. The van der Waals surface area contributed by atoms with Crippen LogP contribution in [-0.4, -0.2) is 43.9 Å². The van der Waals surface area contributed by atoms with Crippen molar-refractivity contribution < 1.29 is 26.2 Å². The zero-order valence-corrected chi connectivity index (χ0v) is 18.7. The van der Waals surface area contributed by atoms with Crippen LogP contribution in [0.2, 0.25) is 0 Å². The van der Waals surface area contributed by atoms with Gasteiger partial charge in [0, 0.05) is 22.6 Å². The van der Waals surface area contributed by atoms with Crippen molar-refractivity contribution in [2.75, 3.05) is 39.4 Å². The molecule has 1 aliphatic heterocycles. The summed E-state index contributed by atoms with van der Waals surface area (Å²) in [6, 6.07) is 0. The van der Waals surface area contributed by atoms with Crippen molar-refractivity contribution in [2.45, 2.75) is 71.1 Å². The van der Waals surface area contributed by atoms with E-state index >= 15 is 0 Å². The average Bonchev–Trinajstić information content (AvgIpc) is 2.56. The van der Waals surface area contributed by atoms with Crippen LogP contribution >= 0.6 is 22.6 Å². The van der Waals surface area contributed by atoms with E-state index in [1.54, 1.807) is 0 Å². The molecular weight excluding hydrogens is 465 g/mol. The Morgan fingerprint density at radius 2 is 1.39 bits per heavy atom. The first kappa shape index (κ1) is 23.7. The first-order valence-electron chi connectivity index (χ1n) is 9.34. The summed E-state index contributed by atoms with van der Waals surface area (Å²) in [4.78, 5) is 0. The van der Waals surface area contributed by atoms with Crippen LogP contribution in [0.15, 0.2) is 0 Å².